The lowest BCUT2D eigenvalue weighted by Crippen LogP contribution is -2.27. The van der Waals surface area contributed by atoms with E-state index in [0.29, 0.717) is 48.3 Å². The number of H-pyrrole nitrogens is 1. The smallest absolute Gasteiger partial charge is 0.277 e. The third-order valence-corrected chi connectivity index (χ3v) is 6.60. The summed E-state index contributed by atoms with van der Waals surface area (Å²) in [5, 5.41) is 4.44. The fraction of sp³-hybridized carbons (Fsp3) is 0.500. The normalized spacial score (nSPS) is 12.1. The highest BCUT2D eigenvalue weighted by atomic mass is 32.2. The highest BCUT2D eigenvalue weighted by molar-refractivity contribution is 7.89. The van der Waals surface area contributed by atoms with Gasteiger partial charge in [0.1, 0.15) is 17.1 Å². The first-order valence-electron chi connectivity index (χ1n) is 11.1. The van der Waals surface area contributed by atoms with Gasteiger partial charge in [0.15, 0.2) is 5.52 Å². The van der Waals surface area contributed by atoms with Gasteiger partial charge in [0.05, 0.1) is 22.8 Å². The number of hydrogen-bond donors (Lipinski definition) is 2. The Labute approximate surface area is 194 Å². The van der Waals surface area contributed by atoms with E-state index in [1.807, 2.05) is 32.8 Å². The van der Waals surface area contributed by atoms with E-state index in [4.69, 9.17) is 4.74 Å². The number of aromatic nitrogens is 4. The van der Waals surface area contributed by atoms with E-state index in [1.54, 1.807) is 13.1 Å². The topological polar surface area (TPSA) is 122 Å². The van der Waals surface area contributed by atoms with E-state index in [1.165, 1.54) is 16.8 Å². The van der Waals surface area contributed by atoms with Gasteiger partial charge in [0, 0.05) is 13.6 Å². The molecule has 2 aromatic heterocycles. The zero-order valence-corrected chi connectivity index (χ0v) is 20.6. The first-order chi connectivity index (χ1) is 15.7. The summed E-state index contributed by atoms with van der Waals surface area (Å²) in [5.74, 6) is 0.679. The summed E-state index contributed by atoms with van der Waals surface area (Å²) in [5.41, 5.74) is 1.68. The maximum Gasteiger partial charge on any atom is 0.277 e. The fourth-order valence-electron chi connectivity index (χ4n) is 3.61. The average Bonchev–Trinajstić information content (AvgIpc) is 3.07. The molecule has 10 nitrogen and oxygen atoms in total. The number of rotatable bonds is 11. The Kier molecular flexibility index (Phi) is 7.88. The monoisotopic (exact) mass is 476 g/mol. The molecular weight excluding hydrogens is 444 g/mol. The minimum absolute atomic E-state index is 0.0773. The lowest BCUT2D eigenvalue weighted by molar-refractivity contribution is 0.341. The average molecular weight is 477 g/mol. The van der Waals surface area contributed by atoms with Gasteiger partial charge in [0.25, 0.3) is 5.56 Å². The van der Waals surface area contributed by atoms with E-state index < -0.39 is 10.0 Å². The van der Waals surface area contributed by atoms with Crippen molar-refractivity contribution in [1.29, 1.82) is 0 Å². The van der Waals surface area contributed by atoms with Gasteiger partial charge in [-0.1, -0.05) is 13.3 Å². The standard InChI is InChI=1S/C22H32N6O4S/c1-6-9-17-19-20(28(5)26-17)22(29)25-21(24-19)16-14-15(10-11-18(16)32-7-2)33(30,31)23-12-8-13-27(3)4/h10-11,14,23H,6-9,12-13H2,1-5H3,(H,24,25,29). The SMILES string of the molecule is CCCc1nn(C)c2c(=O)[nH]c(-c3cc(S(=O)(=O)NCCCN(C)C)ccc3OCC)nc12. The molecule has 3 aromatic rings. The van der Waals surface area contributed by atoms with E-state index in [-0.39, 0.29) is 16.3 Å². The lowest BCUT2D eigenvalue weighted by Gasteiger charge is -2.13. The molecule has 2 N–H and O–H groups in total. The number of hydrogen-bond acceptors (Lipinski definition) is 7. The number of aromatic amines is 1. The van der Waals surface area contributed by atoms with Crippen molar-refractivity contribution in [2.75, 3.05) is 33.8 Å². The highest BCUT2D eigenvalue weighted by Crippen LogP contribution is 2.31. The molecule has 1 aromatic carbocycles. The van der Waals surface area contributed by atoms with Crippen molar-refractivity contribution < 1.29 is 13.2 Å². The van der Waals surface area contributed by atoms with Gasteiger partial charge in [-0.2, -0.15) is 5.10 Å². The molecule has 0 bridgehead atoms. The Morgan fingerprint density at radius 3 is 2.67 bits per heavy atom. The second-order valence-electron chi connectivity index (χ2n) is 8.08. The molecule has 0 saturated heterocycles. The van der Waals surface area contributed by atoms with E-state index >= 15 is 0 Å². The Balaban J connectivity index is 2.07. The van der Waals surface area contributed by atoms with Gasteiger partial charge in [-0.05, 0) is 58.6 Å². The fourth-order valence-corrected chi connectivity index (χ4v) is 4.71. The molecule has 3 rings (SSSR count). The highest BCUT2D eigenvalue weighted by Gasteiger charge is 2.21. The number of benzene rings is 1. The second-order valence-corrected chi connectivity index (χ2v) is 9.84. The summed E-state index contributed by atoms with van der Waals surface area (Å²) < 4.78 is 35.6. The van der Waals surface area contributed by atoms with Crippen LogP contribution in [0.1, 0.15) is 32.4 Å². The molecule has 2 heterocycles. The molecule has 0 unspecified atom stereocenters. The van der Waals surface area contributed by atoms with Crippen LogP contribution in [-0.4, -0.2) is 66.9 Å². The molecule has 0 spiro atoms. The number of nitrogens with one attached hydrogen (secondary N) is 2. The number of sulfonamides is 1. The molecule has 0 amide bonds. The van der Waals surface area contributed by atoms with Crippen LogP contribution in [0.25, 0.3) is 22.4 Å². The molecule has 180 valence electrons. The Morgan fingerprint density at radius 1 is 1.24 bits per heavy atom. The predicted molar refractivity (Wildman–Crippen MR) is 128 cm³/mol. The van der Waals surface area contributed by atoms with Crippen LogP contribution in [0.4, 0.5) is 0 Å². The summed E-state index contributed by atoms with van der Waals surface area (Å²) >= 11 is 0. The molecule has 0 saturated carbocycles. The molecule has 0 aliphatic rings. The maximum absolute atomic E-state index is 12.9. The molecule has 33 heavy (non-hydrogen) atoms. The Morgan fingerprint density at radius 2 is 2.00 bits per heavy atom. The van der Waals surface area contributed by atoms with Crippen molar-refractivity contribution in [3.63, 3.8) is 0 Å². The molecule has 0 aliphatic carbocycles. The molecule has 0 atom stereocenters. The van der Waals surface area contributed by atoms with Crippen molar-refractivity contribution in [3.8, 4) is 17.1 Å². The van der Waals surface area contributed by atoms with Crippen molar-refractivity contribution in [3.05, 3.63) is 34.2 Å². The van der Waals surface area contributed by atoms with Crippen LogP contribution >= 0.6 is 0 Å². The van der Waals surface area contributed by atoms with Crippen LogP contribution in [-0.2, 0) is 23.5 Å². The van der Waals surface area contributed by atoms with Gasteiger partial charge < -0.3 is 14.6 Å². The van der Waals surface area contributed by atoms with Gasteiger partial charge in [0.2, 0.25) is 10.0 Å². The summed E-state index contributed by atoms with van der Waals surface area (Å²) in [7, 11) is 1.83. The van der Waals surface area contributed by atoms with Gasteiger partial charge >= 0.3 is 0 Å². The Hall–Kier alpha value is -2.76. The quantitative estimate of drug-likeness (QED) is 0.405. The summed E-state index contributed by atoms with van der Waals surface area (Å²) in [4.78, 5) is 22.4. The third-order valence-electron chi connectivity index (χ3n) is 5.14. The summed E-state index contributed by atoms with van der Waals surface area (Å²) in [6.45, 7) is 5.33. The molecular formula is C22H32N6O4S. The Bertz CT molecular complexity index is 1280. The summed E-state index contributed by atoms with van der Waals surface area (Å²) in [6.07, 6.45) is 2.22. The largest absolute Gasteiger partial charge is 0.493 e. The number of aryl methyl sites for hydroxylation is 2. The third kappa shape index (κ3) is 5.60. The van der Waals surface area contributed by atoms with Crippen molar-refractivity contribution in [2.45, 2.75) is 38.0 Å². The second kappa shape index (κ2) is 10.4. The summed E-state index contributed by atoms with van der Waals surface area (Å²) in [6, 6.07) is 4.57. The minimum atomic E-state index is -3.75. The lowest BCUT2D eigenvalue weighted by atomic mass is 10.1. The van der Waals surface area contributed by atoms with Crippen molar-refractivity contribution in [2.24, 2.45) is 7.05 Å². The van der Waals surface area contributed by atoms with Crippen molar-refractivity contribution >= 4 is 21.1 Å². The van der Waals surface area contributed by atoms with E-state index in [9.17, 15) is 13.2 Å². The van der Waals surface area contributed by atoms with Crippen LogP contribution in [0.3, 0.4) is 0 Å². The first kappa shape index (κ1) is 24.9. The van der Waals surface area contributed by atoms with E-state index in [2.05, 4.69) is 19.8 Å². The van der Waals surface area contributed by atoms with Crippen LogP contribution in [0.15, 0.2) is 27.9 Å². The predicted octanol–water partition coefficient (Wildman–Crippen LogP) is 1.90. The number of ether oxygens (including phenoxy) is 1. The van der Waals surface area contributed by atoms with E-state index in [0.717, 1.165) is 18.7 Å². The number of nitrogens with zero attached hydrogens (tertiary/aromatic N) is 4. The zero-order valence-electron chi connectivity index (χ0n) is 19.8. The van der Waals surface area contributed by atoms with Crippen LogP contribution < -0.4 is 15.0 Å². The van der Waals surface area contributed by atoms with Crippen molar-refractivity contribution in [1.82, 2.24) is 29.4 Å². The number of fused-ring (bicyclic) bond motifs is 1. The molecule has 11 heteroatoms. The molecule has 0 radical (unpaired) electrons. The maximum atomic E-state index is 12.9. The first-order valence-corrected chi connectivity index (χ1v) is 12.5. The minimum Gasteiger partial charge on any atom is -0.493 e. The van der Waals surface area contributed by atoms with Gasteiger partial charge in [-0.15, -0.1) is 0 Å². The van der Waals surface area contributed by atoms with Gasteiger partial charge in [-0.25, -0.2) is 18.1 Å². The van der Waals surface area contributed by atoms with Crippen LogP contribution in [0.2, 0.25) is 0 Å². The molecule has 0 aliphatic heterocycles. The zero-order chi connectivity index (χ0) is 24.2. The molecule has 0 fully saturated rings. The van der Waals surface area contributed by atoms with Crippen LogP contribution in [0, 0.1) is 0 Å². The van der Waals surface area contributed by atoms with Crippen LogP contribution in [0.5, 0.6) is 5.75 Å². The van der Waals surface area contributed by atoms with Gasteiger partial charge in [-0.3, -0.25) is 9.48 Å².